The summed E-state index contributed by atoms with van der Waals surface area (Å²) in [7, 11) is 0. The van der Waals surface area contributed by atoms with Gasteiger partial charge in [-0.1, -0.05) is 13.8 Å². The third-order valence-corrected chi connectivity index (χ3v) is 3.52. The molecule has 0 bridgehead atoms. The highest BCUT2D eigenvalue weighted by molar-refractivity contribution is 4.88. The number of rotatable bonds is 4. The molecule has 0 heterocycles. The molecule has 2 heteroatoms. The molecular formula is C11H23NO. The average molecular weight is 185 g/mol. The van der Waals surface area contributed by atoms with E-state index in [2.05, 4.69) is 26.1 Å². The molecule has 0 radical (unpaired) electrons. The Labute approximate surface area is 81.7 Å². The van der Waals surface area contributed by atoms with Crippen LogP contribution in [0.15, 0.2) is 0 Å². The molecule has 0 aromatic carbocycles. The Bertz CT molecular complexity index is 154. The second-order valence-corrected chi connectivity index (χ2v) is 4.58. The fourth-order valence-corrected chi connectivity index (χ4v) is 2.04. The van der Waals surface area contributed by atoms with Gasteiger partial charge in [-0.05, 0) is 39.0 Å². The molecule has 13 heavy (non-hydrogen) atoms. The first-order chi connectivity index (χ1) is 6.09. The standard InChI is InChI=1S/C11H23NO/c1-4-11(3,5-2)12-9-6-7-10(13)8-9/h9-10,12-13H,4-8H2,1-3H3/t9-,10-/m0/s1. The fraction of sp³-hybridized carbons (Fsp3) is 1.00. The van der Waals surface area contributed by atoms with E-state index < -0.39 is 0 Å². The van der Waals surface area contributed by atoms with Gasteiger partial charge in [-0.3, -0.25) is 0 Å². The Morgan fingerprint density at radius 2 is 1.92 bits per heavy atom. The predicted molar refractivity (Wildman–Crippen MR) is 55.8 cm³/mol. The summed E-state index contributed by atoms with van der Waals surface area (Å²) in [6, 6.07) is 0.542. The van der Waals surface area contributed by atoms with Crippen LogP contribution in [0.3, 0.4) is 0 Å². The van der Waals surface area contributed by atoms with Gasteiger partial charge in [-0.15, -0.1) is 0 Å². The first-order valence-corrected chi connectivity index (χ1v) is 5.55. The molecular weight excluding hydrogens is 162 g/mol. The van der Waals surface area contributed by atoms with Crippen LogP contribution in [0.1, 0.15) is 52.9 Å². The summed E-state index contributed by atoms with van der Waals surface area (Å²) in [5, 5.41) is 13.1. The van der Waals surface area contributed by atoms with E-state index in [9.17, 15) is 5.11 Å². The lowest BCUT2D eigenvalue weighted by atomic mass is 9.94. The van der Waals surface area contributed by atoms with E-state index in [-0.39, 0.29) is 11.6 Å². The molecule has 1 saturated carbocycles. The quantitative estimate of drug-likeness (QED) is 0.702. The van der Waals surface area contributed by atoms with Crippen LogP contribution in [0.25, 0.3) is 0 Å². The lowest BCUT2D eigenvalue weighted by Gasteiger charge is -2.32. The van der Waals surface area contributed by atoms with Crippen LogP contribution >= 0.6 is 0 Å². The van der Waals surface area contributed by atoms with Crippen LogP contribution in [0.4, 0.5) is 0 Å². The van der Waals surface area contributed by atoms with Crippen LogP contribution in [0.5, 0.6) is 0 Å². The highest BCUT2D eigenvalue weighted by Gasteiger charge is 2.28. The number of aliphatic hydroxyl groups is 1. The highest BCUT2D eigenvalue weighted by Crippen LogP contribution is 2.23. The number of hydrogen-bond acceptors (Lipinski definition) is 2. The average Bonchev–Trinajstić information content (AvgIpc) is 2.51. The maximum absolute atomic E-state index is 9.40. The number of nitrogens with one attached hydrogen (secondary N) is 1. The van der Waals surface area contributed by atoms with Gasteiger partial charge in [0.05, 0.1) is 6.10 Å². The summed E-state index contributed by atoms with van der Waals surface area (Å²) in [6.07, 6.45) is 5.31. The second kappa shape index (κ2) is 4.43. The van der Waals surface area contributed by atoms with Gasteiger partial charge in [0.15, 0.2) is 0 Å². The first kappa shape index (κ1) is 11.0. The zero-order chi connectivity index (χ0) is 9.90. The molecule has 1 aliphatic carbocycles. The van der Waals surface area contributed by atoms with E-state index in [0.717, 1.165) is 32.1 Å². The smallest absolute Gasteiger partial charge is 0.0555 e. The maximum Gasteiger partial charge on any atom is 0.0555 e. The van der Waals surface area contributed by atoms with Gasteiger partial charge < -0.3 is 10.4 Å². The van der Waals surface area contributed by atoms with Crippen molar-refractivity contribution in [2.24, 2.45) is 0 Å². The van der Waals surface area contributed by atoms with Crippen LogP contribution < -0.4 is 5.32 Å². The Morgan fingerprint density at radius 3 is 2.31 bits per heavy atom. The monoisotopic (exact) mass is 185 g/mol. The molecule has 0 amide bonds. The summed E-state index contributed by atoms with van der Waals surface area (Å²) < 4.78 is 0. The molecule has 2 nitrogen and oxygen atoms in total. The van der Waals surface area contributed by atoms with Crippen molar-refractivity contribution >= 4 is 0 Å². The van der Waals surface area contributed by atoms with E-state index in [1.54, 1.807) is 0 Å². The lowest BCUT2D eigenvalue weighted by Crippen LogP contribution is -2.46. The van der Waals surface area contributed by atoms with Crippen molar-refractivity contribution in [3.05, 3.63) is 0 Å². The Balaban J connectivity index is 2.38. The third-order valence-electron chi connectivity index (χ3n) is 3.52. The van der Waals surface area contributed by atoms with Crippen molar-refractivity contribution < 1.29 is 5.11 Å². The van der Waals surface area contributed by atoms with Crippen molar-refractivity contribution in [3.8, 4) is 0 Å². The minimum atomic E-state index is -0.0598. The molecule has 1 rings (SSSR count). The van der Waals surface area contributed by atoms with Gasteiger partial charge in [0.1, 0.15) is 0 Å². The number of hydrogen-bond donors (Lipinski definition) is 2. The van der Waals surface area contributed by atoms with E-state index in [1.165, 1.54) is 0 Å². The van der Waals surface area contributed by atoms with Crippen molar-refractivity contribution in [2.75, 3.05) is 0 Å². The van der Waals surface area contributed by atoms with Gasteiger partial charge in [-0.25, -0.2) is 0 Å². The molecule has 78 valence electrons. The molecule has 0 saturated heterocycles. The molecule has 0 unspecified atom stereocenters. The number of aliphatic hydroxyl groups excluding tert-OH is 1. The van der Waals surface area contributed by atoms with Crippen LogP contribution in [-0.2, 0) is 0 Å². The van der Waals surface area contributed by atoms with Crippen LogP contribution in [0.2, 0.25) is 0 Å². The van der Waals surface area contributed by atoms with Gasteiger partial charge >= 0.3 is 0 Å². The molecule has 2 atom stereocenters. The summed E-state index contributed by atoms with van der Waals surface area (Å²) >= 11 is 0. The van der Waals surface area contributed by atoms with E-state index in [4.69, 9.17) is 0 Å². The van der Waals surface area contributed by atoms with Crippen molar-refractivity contribution in [2.45, 2.75) is 70.6 Å². The molecule has 0 spiro atoms. The van der Waals surface area contributed by atoms with Gasteiger partial charge in [0.2, 0.25) is 0 Å². The van der Waals surface area contributed by atoms with Crippen molar-refractivity contribution in [3.63, 3.8) is 0 Å². The minimum Gasteiger partial charge on any atom is -0.393 e. The molecule has 1 aliphatic rings. The molecule has 0 aromatic heterocycles. The summed E-state index contributed by atoms with van der Waals surface area (Å²) in [6.45, 7) is 6.72. The van der Waals surface area contributed by atoms with Crippen LogP contribution in [0, 0.1) is 0 Å². The largest absolute Gasteiger partial charge is 0.393 e. The minimum absolute atomic E-state index is 0.0598. The van der Waals surface area contributed by atoms with Crippen molar-refractivity contribution in [1.82, 2.24) is 5.32 Å². The summed E-state index contributed by atoms with van der Waals surface area (Å²) in [5.74, 6) is 0. The topological polar surface area (TPSA) is 32.3 Å². The Hall–Kier alpha value is -0.0800. The van der Waals surface area contributed by atoms with Crippen LogP contribution in [-0.4, -0.2) is 22.8 Å². The summed E-state index contributed by atoms with van der Waals surface area (Å²) in [4.78, 5) is 0. The Morgan fingerprint density at radius 1 is 1.31 bits per heavy atom. The summed E-state index contributed by atoms with van der Waals surface area (Å²) in [5.41, 5.74) is 0.273. The maximum atomic E-state index is 9.40. The molecule has 1 fully saturated rings. The lowest BCUT2D eigenvalue weighted by molar-refractivity contribution is 0.175. The first-order valence-electron chi connectivity index (χ1n) is 5.55. The van der Waals surface area contributed by atoms with E-state index in [0.29, 0.717) is 6.04 Å². The molecule has 0 aromatic rings. The predicted octanol–water partition coefficient (Wildman–Crippen LogP) is 2.07. The third kappa shape index (κ3) is 2.96. The second-order valence-electron chi connectivity index (χ2n) is 4.58. The Kier molecular flexibility index (Phi) is 3.74. The van der Waals surface area contributed by atoms with Gasteiger partial charge in [-0.2, -0.15) is 0 Å². The SMILES string of the molecule is CCC(C)(CC)N[C@H]1CC[C@H](O)C1. The fourth-order valence-electron chi connectivity index (χ4n) is 2.04. The van der Waals surface area contributed by atoms with Gasteiger partial charge in [0, 0.05) is 11.6 Å². The zero-order valence-corrected chi connectivity index (χ0v) is 9.14. The zero-order valence-electron chi connectivity index (χ0n) is 9.14. The normalized spacial score (nSPS) is 29.5. The highest BCUT2D eigenvalue weighted by atomic mass is 16.3. The van der Waals surface area contributed by atoms with Gasteiger partial charge in [0.25, 0.3) is 0 Å². The van der Waals surface area contributed by atoms with Crippen molar-refractivity contribution in [1.29, 1.82) is 0 Å². The molecule has 0 aliphatic heterocycles. The van der Waals surface area contributed by atoms with E-state index in [1.807, 2.05) is 0 Å². The molecule has 2 N–H and O–H groups in total. The van der Waals surface area contributed by atoms with E-state index >= 15 is 0 Å².